The van der Waals surface area contributed by atoms with Crippen LogP contribution < -0.4 is 5.56 Å². The second-order valence-corrected chi connectivity index (χ2v) is 2.71. The van der Waals surface area contributed by atoms with E-state index in [1.807, 2.05) is 0 Å². The van der Waals surface area contributed by atoms with Crippen LogP contribution in [0.5, 0.6) is 0 Å². The molecule has 0 saturated heterocycles. The normalized spacial score (nSPS) is 10.8. The van der Waals surface area contributed by atoms with Crippen LogP contribution in [0.25, 0.3) is 0 Å². The van der Waals surface area contributed by atoms with Crippen LogP contribution in [-0.2, 0) is 0 Å². The number of hydrogen-bond acceptors (Lipinski definition) is 1. The van der Waals surface area contributed by atoms with Gasteiger partial charge in [-0.3, -0.25) is 4.79 Å². The maximum atomic E-state index is 12.2. The van der Waals surface area contributed by atoms with Gasteiger partial charge < -0.3 is 4.98 Å². The van der Waals surface area contributed by atoms with E-state index in [4.69, 9.17) is 11.6 Å². The van der Waals surface area contributed by atoms with Crippen LogP contribution in [0.1, 0.15) is 17.6 Å². The largest absolute Gasteiger partial charge is 0.327 e. The molecule has 0 aromatic carbocycles. The summed E-state index contributed by atoms with van der Waals surface area (Å²) in [5, 5.41) is -0.109. The molecule has 1 heterocycles. The van der Waals surface area contributed by atoms with E-state index in [2.05, 4.69) is 4.98 Å². The molecule has 5 heteroatoms. The number of nitrogens with one attached hydrogen (secondary N) is 1. The Hall–Kier alpha value is -0.900. The maximum Gasteiger partial charge on any atom is 0.265 e. The van der Waals surface area contributed by atoms with Gasteiger partial charge in [0.2, 0.25) is 0 Å². The van der Waals surface area contributed by atoms with E-state index in [0.29, 0.717) is 0 Å². The van der Waals surface area contributed by atoms with Gasteiger partial charge in [-0.1, -0.05) is 11.6 Å². The van der Waals surface area contributed by atoms with Crippen molar-refractivity contribution in [3.8, 4) is 0 Å². The highest BCUT2D eigenvalue weighted by molar-refractivity contribution is 6.31. The zero-order chi connectivity index (χ0) is 9.30. The van der Waals surface area contributed by atoms with Gasteiger partial charge in [0.25, 0.3) is 12.0 Å². The first kappa shape index (κ1) is 9.19. The van der Waals surface area contributed by atoms with E-state index in [0.717, 1.165) is 6.20 Å². The molecule has 0 saturated carbocycles. The van der Waals surface area contributed by atoms with Crippen molar-refractivity contribution in [2.24, 2.45) is 0 Å². The third-order valence-electron chi connectivity index (χ3n) is 1.55. The quantitative estimate of drug-likeness (QED) is 0.729. The van der Waals surface area contributed by atoms with Crippen molar-refractivity contribution < 1.29 is 8.78 Å². The van der Waals surface area contributed by atoms with Gasteiger partial charge >= 0.3 is 0 Å². The first-order valence-electron chi connectivity index (χ1n) is 3.20. The fourth-order valence-corrected chi connectivity index (χ4v) is 1.16. The SMILES string of the molecule is Cc1c(C(F)F)c(Cl)c[nH]c1=O. The van der Waals surface area contributed by atoms with E-state index in [1.54, 1.807) is 0 Å². The molecule has 0 spiro atoms. The molecule has 0 aliphatic heterocycles. The van der Waals surface area contributed by atoms with Crippen LogP contribution in [-0.4, -0.2) is 4.98 Å². The standard InChI is InChI=1S/C7H6ClF2NO/c1-3-5(6(9)10)4(8)2-11-7(3)12/h2,6H,1H3,(H,11,12). The highest BCUT2D eigenvalue weighted by Crippen LogP contribution is 2.26. The second-order valence-electron chi connectivity index (χ2n) is 2.31. The van der Waals surface area contributed by atoms with E-state index >= 15 is 0 Å². The molecule has 0 atom stereocenters. The van der Waals surface area contributed by atoms with Gasteiger partial charge in [-0.15, -0.1) is 0 Å². The van der Waals surface area contributed by atoms with Crippen LogP contribution in [0, 0.1) is 6.92 Å². The predicted molar refractivity (Wildman–Crippen MR) is 41.8 cm³/mol. The third kappa shape index (κ3) is 1.48. The number of pyridine rings is 1. The molecule has 0 bridgehead atoms. The summed E-state index contributed by atoms with van der Waals surface area (Å²) in [4.78, 5) is 13.1. The van der Waals surface area contributed by atoms with Gasteiger partial charge in [-0.05, 0) is 6.92 Å². The fraction of sp³-hybridized carbons (Fsp3) is 0.286. The lowest BCUT2D eigenvalue weighted by atomic mass is 10.1. The summed E-state index contributed by atoms with van der Waals surface area (Å²) < 4.78 is 24.5. The van der Waals surface area contributed by atoms with Crippen molar-refractivity contribution in [3.05, 3.63) is 32.7 Å². The molecule has 66 valence electrons. The Morgan fingerprint density at radius 2 is 2.17 bits per heavy atom. The summed E-state index contributed by atoms with van der Waals surface area (Å²) in [6, 6.07) is 0. The summed E-state index contributed by atoms with van der Waals surface area (Å²) >= 11 is 5.45. The maximum absolute atomic E-state index is 12.2. The highest BCUT2D eigenvalue weighted by Gasteiger charge is 2.16. The molecule has 0 unspecified atom stereocenters. The average molecular weight is 194 g/mol. The van der Waals surface area contributed by atoms with Crippen LogP contribution in [0.3, 0.4) is 0 Å². The number of hydrogen-bond donors (Lipinski definition) is 1. The van der Waals surface area contributed by atoms with Crippen LogP contribution >= 0.6 is 11.6 Å². The van der Waals surface area contributed by atoms with Crippen molar-refractivity contribution in [1.29, 1.82) is 0 Å². The molecule has 1 aromatic heterocycles. The summed E-state index contributed by atoms with van der Waals surface area (Å²) in [6.45, 7) is 1.31. The Balaban J connectivity index is 3.43. The molecule has 1 N–H and O–H groups in total. The van der Waals surface area contributed by atoms with Crippen molar-refractivity contribution in [1.82, 2.24) is 4.98 Å². The molecule has 0 amide bonds. The first-order chi connectivity index (χ1) is 5.54. The van der Waals surface area contributed by atoms with E-state index in [1.165, 1.54) is 6.92 Å². The lowest BCUT2D eigenvalue weighted by molar-refractivity contribution is 0.150. The Morgan fingerprint density at radius 3 is 2.58 bits per heavy atom. The summed E-state index contributed by atoms with van der Waals surface area (Å²) in [6.07, 6.45) is -1.64. The van der Waals surface area contributed by atoms with Crippen molar-refractivity contribution >= 4 is 11.6 Å². The summed E-state index contributed by atoms with van der Waals surface area (Å²) in [5.74, 6) is 0. The lowest BCUT2D eigenvalue weighted by Gasteiger charge is -2.04. The van der Waals surface area contributed by atoms with Crippen LogP contribution in [0.2, 0.25) is 5.02 Å². The minimum Gasteiger partial charge on any atom is -0.327 e. The minimum absolute atomic E-state index is 0.0301. The van der Waals surface area contributed by atoms with Gasteiger partial charge in [0.1, 0.15) is 0 Å². The second kappa shape index (κ2) is 3.23. The lowest BCUT2D eigenvalue weighted by Crippen LogP contribution is -2.12. The first-order valence-corrected chi connectivity index (χ1v) is 3.57. The molecular formula is C7H6ClF2NO. The van der Waals surface area contributed by atoms with Crippen molar-refractivity contribution in [3.63, 3.8) is 0 Å². The smallest absolute Gasteiger partial charge is 0.265 e. The zero-order valence-corrected chi connectivity index (χ0v) is 6.95. The molecule has 1 rings (SSSR count). The van der Waals surface area contributed by atoms with Gasteiger partial charge in [-0.25, -0.2) is 8.78 Å². The summed E-state index contributed by atoms with van der Waals surface area (Å²) in [7, 11) is 0. The van der Waals surface area contributed by atoms with Gasteiger partial charge in [0, 0.05) is 17.3 Å². The van der Waals surface area contributed by atoms with E-state index in [9.17, 15) is 13.6 Å². The Labute approximate surface area is 72.2 Å². The number of H-pyrrole nitrogens is 1. The molecule has 0 aliphatic rings. The minimum atomic E-state index is -2.71. The Morgan fingerprint density at radius 1 is 1.58 bits per heavy atom. The molecule has 0 fully saturated rings. The Kier molecular flexibility index (Phi) is 2.47. The molecule has 0 radical (unpaired) electrons. The molecule has 12 heavy (non-hydrogen) atoms. The summed E-state index contributed by atoms with van der Waals surface area (Å²) in [5.41, 5.74) is -0.951. The predicted octanol–water partition coefficient (Wildman–Crippen LogP) is 2.27. The van der Waals surface area contributed by atoms with Crippen molar-refractivity contribution in [2.75, 3.05) is 0 Å². The number of rotatable bonds is 1. The molecular weight excluding hydrogens is 188 g/mol. The number of halogens is 3. The molecule has 1 aromatic rings. The number of aromatic amines is 1. The monoisotopic (exact) mass is 193 g/mol. The average Bonchev–Trinajstić information content (AvgIpc) is 1.97. The van der Waals surface area contributed by atoms with E-state index < -0.39 is 12.0 Å². The molecule has 0 aliphatic carbocycles. The number of alkyl halides is 2. The van der Waals surface area contributed by atoms with Gasteiger partial charge in [0.05, 0.1) is 5.02 Å². The highest BCUT2D eigenvalue weighted by atomic mass is 35.5. The zero-order valence-electron chi connectivity index (χ0n) is 6.20. The molecule has 2 nitrogen and oxygen atoms in total. The van der Waals surface area contributed by atoms with E-state index in [-0.39, 0.29) is 16.1 Å². The van der Waals surface area contributed by atoms with Gasteiger partial charge in [-0.2, -0.15) is 0 Å². The van der Waals surface area contributed by atoms with Gasteiger partial charge in [0.15, 0.2) is 0 Å². The van der Waals surface area contributed by atoms with Crippen LogP contribution in [0.15, 0.2) is 11.0 Å². The third-order valence-corrected chi connectivity index (χ3v) is 1.86. The topological polar surface area (TPSA) is 32.9 Å². The van der Waals surface area contributed by atoms with Crippen LogP contribution in [0.4, 0.5) is 8.78 Å². The number of aromatic nitrogens is 1. The van der Waals surface area contributed by atoms with Crippen molar-refractivity contribution in [2.45, 2.75) is 13.3 Å². The Bertz CT molecular complexity index is 348. The fourth-order valence-electron chi connectivity index (χ4n) is 0.884.